The second-order valence-corrected chi connectivity index (χ2v) is 4.32. The van der Waals surface area contributed by atoms with Gasteiger partial charge in [0, 0.05) is 17.8 Å². The summed E-state index contributed by atoms with van der Waals surface area (Å²) in [5.41, 5.74) is 6.88. The van der Waals surface area contributed by atoms with Gasteiger partial charge in [-0.15, -0.1) is 0 Å². The second-order valence-electron chi connectivity index (χ2n) is 4.32. The van der Waals surface area contributed by atoms with Crippen LogP contribution in [0.3, 0.4) is 0 Å². The highest BCUT2D eigenvalue weighted by Gasteiger charge is 2.17. The number of rotatable bonds is 1. The predicted octanol–water partition coefficient (Wildman–Crippen LogP) is 2.73. The van der Waals surface area contributed by atoms with Crippen LogP contribution < -0.4 is 5.73 Å². The first-order chi connectivity index (χ1) is 9.47. The van der Waals surface area contributed by atoms with E-state index in [4.69, 9.17) is 5.73 Å². The fourth-order valence-electron chi connectivity index (χ4n) is 1.99. The van der Waals surface area contributed by atoms with Gasteiger partial charge >= 0.3 is 0 Å². The molecule has 7 heteroatoms. The third kappa shape index (κ3) is 1.78. The van der Waals surface area contributed by atoms with Crippen LogP contribution in [-0.4, -0.2) is 14.5 Å². The molecule has 0 spiro atoms. The average Bonchev–Trinajstić information content (AvgIpc) is 2.69. The van der Waals surface area contributed by atoms with Crippen molar-refractivity contribution in [3.63, 3.8) is 0 Å². The Morgan fingerprint density at radius 2 is 1.70 bits per heavy atom. The van der Waals surface area contributed by atoms with E-state index in [1.165, 1.54) is 0 Å². The van der Waals surface area contributed by atoms with Gasteiger partial charge < -0.3 is 5.73 Å². The summed E-state index contributed by atoms with van der Waals surface area (Å²) in [6, 6.07) is 4.58. The molecule has 0 fully saturated rings. The van der Waals surface area contributed by atoms with Crippen molar-refractivity contribution in [2.45, 2.75) is 6.92 Å². The molecule has 0 unspecified atom stereocenters. The van der Waals surface area contributed by atoms with E-state index >= 15 is 0 Å². The number of hydrogen-bond donors (Lipinski definition) is 1. The van der Waals surface area contributed by atoms with Gasteiger partial charge in [-0.3, -0.25) is 4.57 Å². The molecule has 3 aromatic rings. The molecule has 2 N–H and O–H groups in total. The van der Waals surface area contributed by atoms with Crippen LogP contribution in [0.15, 0.2) is 24.3 Å². The Balaban J connectivity index is 2.37. The molecule has 2 aromatic heterocycles. The number of nitrogens with zero attached hydrogens (tertiary/aromatic N) is 3. The molecule has 0 aliphatic rings. The van der Waals surface area contributed by atoms with E-state index in [0.717, 1.165) is 10.6 Å². The zero-order valence-electron chi connectivity index (χ0n) is 10.4. The van der Waals surface area contributed by atoms with Crippen LogP contribution >= 0.6 is 0 Å². The number of benzene rings is 1. The number of pyridine rings is 1. The van der Waals surface area contributed by atoms with E-state index < -0.39 is 17.5 Å². The lowest BCUT2D eigenvalue weighted by atomic mass is 10.2. The predicted molar refractivity (Wildman–Crippen MR) is 67.9 cm³/mol. The van der Waals surface area contributed by atoms with Gasteiger partial charge in [0.15, 0.2) is 17.3 Å². The summed E-state index contributed by atoms with van der Waals surface area (Å²) < 4.78 is 41.3. The van der Waals surface area contributed by atoms with Crippen molar-refractivity contribution in [3.05, 3.63) is 47.4 Å². The maximum absolute atomic E-state index is 13.9. The SMILES string of the molecule is Cc1ccc2nc(N)n(-c3cc(F)c(F)cc3F)c2n1. The zero-order chi connectivity index (χ0) is 14.4. The Morgan fingerprint density at radius 1 is 1.00 bits per heavy atom. The number of imidazole rings is 1. The van der Waals surface area contributed by atoms with Crippen LogP contribution in [0.4, 0.5) is 19.1 Å². The lowest BCUT2D eigenvalue weighted by Gasteiger charge is -2.08. The standard InChI is InChI=1S/C13H9F3N4/c1-6-2-3-10-12(18-6)20(13(17)19-10)11-5-8(15)7(14)4-9(11)16/h2-5H,1H3,(H2,17,19). The quantitative estimate of drug-likeness (QED) is 0.696. The monoisotopic (exact) mass is 278 g/mol. The molecule has 0 bridgehead atoms. The molecule has 0 saturated heterocycles. The molecule has 20 heavy (non-hydrogen) atoms. The topological polar surface area (TPSA) is 56.7 Å². The fourth-order valence-corrected chi connectivity index (χ4v) is 1.99. The number of aromatic nitrogens is 3. The highest BCUT2D eigenvalue weighted by Crippen LogP contribution is 2.25. The van der Waals surface area contributed by atoms with Gasteiger partial charge in [-0.25, -0.2) is 23.1 Å². The molecule has 0 aliphatic carbocycles. The lowest BCUT2D eigenvalue weighted by molar-refractivity contribution is 0.493. The second kappa shape index (κ2) is 4.22. The van der Waals surface area contributed by atoms with Crippen molar-refractivity contribution in [1.82, 2.24) is 14.5 Å². The Labute approximate surface area is 111 Å². The minimum Gasteiger partial charge on any atom is -0.369 e. The van der Waals surface area contributed by atoms with Crippen molar-refractivity contribution in [2.24, 2.45) is 0 Å². The van der Waals surface area contributed by atoms with Gasteiger partial charge in [-0.05, 0) is 19.1 Å². The number of nitrogen functional groups attached to an aromatic ring is 1. The summed E-state index contributed by atoms with van der Waals surface area (Å²) in [4.78, 5) is 8.22. The van der Waals surface area contributed by atoms with E-state index in [9.17, 15) is 13.2 Å². The van der Waals surface area contributed by atoms with Crippen LogP contribution in [0.2, 0.25) is 0 Å². The Kier molecular flexibility index (Phi) is 2.63. The van der Waals surface area contributed by atoms with E-state index in [0.29, 0.717) is 17.3 Å². The molecule has 0 radical (unpaired) electrons. The maximum atomic E-state index is 13.9. The Morgan fingerprint density at radius 3 is 2.45 bits per heavy atom. The third-order valence-electron chi connectivity index (χ3n) is 2.90. The first-order valence-electron chi connectivity index (χ1n) is 5.74. The number of halogens is 3. The molecular formula is C13H9F3N4. The van der Waals surface area contributed by atoms with Crippen LogP contribution in [-0.2, 0) is 0 Å². The largest absolute Gasteiger partial charge is 0.369 e. The van der Waals surface area contributed by atoms with Crippen LogP contribution in [0.25, 0.3) is 16.9 Å². The van der Waals surface area contributed by atoms with Crippen molar-refractivity contribution >= 4 is 17.1 Å². The van der Waals surface area contributed by atoms with Crippen LogP contribution in [0, 0.1) is 24.4 Å². The Hall–Kier alpha value is -2.57. The van der Waals surface area contributed by atoms with Gasteiger partial charge in [0.25, 0.3) is 0 Å². The molecule has 0 amide bonds. The first-order valence-corrected chi connectivity index (χ1v) is 5.74. The number of nitrogens with two attached hydrogens (primary N) is 1. The molecule has 0 atom stereocenters. The normalized spacial score (nSPS) is 11.2. The number of fused-ring (bicyclic) bond motifs is 1. The van der Waals surface area contributed by atoms with Gasteiger partial charge in [0.1, 0.15) is 11.3 Å². The average molecular weight is 278 g/mol. The van der Waals surface area contributed by atoms with Gasteiger partial charge in [-0.1, -0.05) is 0 Å². The summed E-state index contributed by atoms with van der Waals surface area (Å²) in [6.45, 7) is 1.74. The van der Waals surface area contributed by atoms with Gasteiger partial charge in [0.2, 0.25) is 5.95 Å². The smallest absolute Gasteiger partial charge is 0.207 e. The van der Waals surface area contributed by atoms with Gasteiger partial charge in [0.05, 0.1) is 5.69 Å². The van der Waals surface area contributed by atoms with E-state index in [1.54, 1.807) is 19.1 Å². The van der Waals surface area contributed by atoms with Crippen LogP contribution in [0.1, 0.15) is 5.69 Å². The minimum atomic E-state index is -1.27. The van der Waals surface area contributed by atoms with Crippen LogP contribution in [0.5, 0.6) is 0 Å². The molecule has 102 valence electrons. The number of anilines is 1. The van der Waals surface area contributed by atoms with E-state index in [1.807, 2.05) is 0 Å². The molecule has 4 nitrogen and oxygen atoms in total. The maximum Gasteiger partial charge on any atom is 0.207 e. The molecule has 1 aromatic carbocycles. The first kappa shape index (κ1) is 12.5. The third-order valence-corrected chi connectivity index (χ3v) is 2.90. The molecular weight excluding hydrogens is 269 g/mol. The summed E-state index contributed by atoms with van der Waals surface area (Å²) >= 11 is 0. The van der Waals surface area contributed by atoms with Crippen molar-refractivity contribution in [3.8, 4) is 5.69 Å². The van der Waals surface area contributed by atoms with Crippen molar-refractivity contribution < 1.29 is 13.2 Å². The highest BCUT2D eigenvalue weighted by atomic mass is 19.2. The minimum absolute atomic E-state index is 0.0528. The lowest BCUT2D eigenvalue weighted by Crippen LogP contribution is -2.05. The summed E-state index contributed by atoms with van der Waals surface area (Å²) in [6.07, 6.45) is 0. The summed E-state index contributed by atoms with van der Waals surface area (Å²) in [5.74, 6) is -3.44. The molecule has 0 aliphatic heterocycles. The van der Waals surface area contributed by atoms with E-state index in [2.05, 4.69) is 9.97 Å². The molecule has 3 rings (SSSR count). The summed E-state index contributed by atoms with van der Waals surface area (Å²) in [5, 5.41) is 0. The highest BCUT2D eigenvalue weighted by molar-refractivity contribution is 5.77. The van der Waals surface area contributed by atoms with Gasteiger partial charge in [-0.2, -0.15) is 0 Å². The zero-order valence-corrected chi connectivity index (χ0v) is 10.4. The molecule has 2 heterocycles. The summed E-state index contributed by atoms with van der Waals surface area (Å²) in [7, 11) is 0. The number of aryl methyl sites for hydroxylation is 1. The van der Waals surface area contributed by atoms with E-state index in [-0.39, 0.29) is 17.3 Å². The molecule has 0 saturated carbocycles. The fraction of sp³-hybridized carbons (Fsp3) is 0.0769. The van der Waals surface area contributed by atoms with Crippen molar-refractivity contribution in [2.75, 3.05) is 5.73 Å². The van der Waals surface area contributed by atoms with Crippen molar-refractivity contribution in [1.29, 1.82) is 0 Å². The Bertz CT molecular complexity index is 826. The number of hydrogen-bond acceptors (Lipinski definition) is 3.